The minimum Gasteiger partial charge on any atom is -0.502 e. The van der Waals surface area contributed by atoms with Gasteiger partial charge in [-0.3, -0.25) is 0 Å². The van der Waals surface area contributed by atoms with E-state index in [9.17, 15) is 0 Å². The molecule has 25 heavy (non-hydrogen) atoms. The van der Waals surface area contributed by atoms with Crippen LogP contribution >= 0.6 is 0 Å². The largest absolute Gasteiger partial charge is 0.502 e. The summed E-state index contributed by atoms with van der Waals surface area (Å²) in [5.41, 5.74) is 0. The Balaban J connectivity index is 0.000000251. The van der Waals surface area contributed by atoms with Gasteiger partial charge in [0.2, 0.25) is 0 Å². The van der Waals surface area contributed by atoms with E-state index in [0.717, 1.165) is 13.2 Å². The van der Waals surface area contributed by atoms with Gasteiger partial charge in [-0.1, -0.05) is 31.4 Å². The van der Waals surface area contributed by atoms with Crippen molar-refractivity contribution in [2.45, 2.75) is 38.5 Å². The van der Waals surface area contributed by atoms with Gasteiger partial charge in [-0.2, -0.15) is 0 Å². The smallest absolute Gasteiger partial charge is 0.0901 e. The van der Waals surface area contributed by atoms with Gasteiger partial charge in [0.05, 0.1) is 25.7 Å². The normalized spacial score (nSPS) is 31.0. The van der Waals surface area contributed by atoms with Crippen LogP contribution in [0, 0.1) is 29.6 Å². The Kier molecular flexibility index (Phi) is 10.8. The average molecular weight is 345 g/mol. The fraction of sp³-hybridized carbons (Fsp3) is 0.565. The molecule has 2 nitrogen and oxygen atoms in total. The second-order valence-electron chi connectivity index (χ2n) is 7.15. The highest BCUT2D eigenvalue weighted by atomic mass is 16.5. The zero-order chi connectivity index (χ0) is 18.5. The maximum atomic E-state index is 5.17. The molecule has 0 heterocycles. The number of allylic oxidation sites excluding steroid dienone is 3. The molecule has 0 N–H and O–H groups in total. The van der Waals surface area contributed by atoms with Crippen molar-refractivity contribution in [2.75, 3.05) is 13.2 Å². The van der Waals surface area contributed by atoms with Gasteiger partial charge in [-0.15, -0.1) is 19.7 Å². The molecule has 140 valence electrons. The maximum Gasteiger partial charge on any atom is 0.0901 e. The van der Waals surface area contributed by atoms with Crippen molar-refractivity contribution in [1.29, 1.82) is 0 Å². The molecule has 2 saturated carbocycles. The van der Waals surface area contributed by atoms with E-state index in [4.69, 9.17) is 9.47 Å². The topological polar surface area (TPSA) is 18.5 Å². The number of rotatable bonds is 9. The Morgan fingerprint density at radius 3 is 1.64 bits per heavy atom. The van der Waals surface area contributed by atoms with Crippen LogP contribution < -0.4 is 0 Å². The molecule has 0 spiro atoms. The molecular formula is C23H36O2. The van der Waals surface area contributed by atoms with E-state index in [1.807, 2.05) is 0 Å². The fourth-order valence-electron chi connectivity index (χ4n) is 3.93. The molecule has 0 radical (unpaired) electrons. The van der Waals surface area contributed by atoms with Gasteiger partial charge in [0, 0.05) is 0 Å². The molecule has 2 aliphatic carbocycles. The van der Waals surface area contributed by atoms with Gasteiger partial charge >= 0.3 is 0 Å². The SMILES string of the molecule is C=CC1CCC(C=C)C(C=C)C1.C=COCC1CCC(COC=C)C1. The Hall–Kier alpha value is -1.70. The van der Waals surface area contributed by atoms with E-state index >= 15 is 0 Å². The lowest BCUT2D eigenvalue weighted by molar-refractivity contribution is 0.174. The predicted molar refractivity (Wildman–Crippen MR) is 108 cm³/mol. The van der Waals surface area contributed by atoms with Crippen molar-refractivity contribution in [3.8, 4) is 0 Å². The van der Waals surface area contributed by atoms with Crippen LogP contribution in [0.5, 0.6) is 0 Å². The third-order valence-electron chi connectivity index (χ3n) is 5.48. The summed E-state index contributed by atoms with van der Waals surface area (Å²) >= 11 is 0. The Labute approximate surface area is 155 Å². The lowest BCUT2D eigenvalue weighted by Gasteiger charge is -2.31. The summed E-state index contributed by atoms with van der Waals surface area (Å²) in [5, 5.41) is 0. The second kappa shape index (κ2) is 12.6. The summed E-state index contributed by atoms with van der Waals surface area (Å²) in [6.45, 7) is 20.3. The lowest BCUT2D eigenvalue weighted by Crippen LogP contribution is -2.20. The summed E-state index contributed by atoms with van der Waals surface area (Å²) in [6, 6.07) is 0. The maximum absolute atomic E-state index is 5.17. The van der Waals surface area contributed by atoms with Crippen LogP contribution in [-0.4, -0.2) is 13.2 Å². The van der Waals surface area contributed by atoms with Crippen molar-refractivity contribution in [2.24, 2.45) is 29.6 Å². The number of hydrogen-bond acceptors (Lipinski definition) is 2. The van der Waals surface area contributed by atoms with Crippen LogP contribution in [-0.2, 0) is 9.47 Å². The van der Waals surface area contributed by atoms with E-state index in [1.54, 1.807) is 0 Å². The lowest BCUT2D eigenvalue weighted by atomic mass is 9.74. The highest BCUT2D eigenvalue weighted by Crippen LogP contribution is 2.35. The van der Waals surface area contributed by atoms with Gasteiger partial charge < -0.3 is 9.47 Å². The van der Waals surface area contributed by atoms with Crippen LogP contribution in [0.3, 0.4) is 0 Å². The predicted octanol–water partition coefficient (Wildman–Crippen LogP) is 6.30. The first kappa shape index (κ1) is 21.3. The van der Waals surface area contributed by atoms with Crippen LogP contribution in [0.25, 0.3) is 0 Å². The van der Waals surface area contributed by atoms with Gasteiger partial charge in [0.15, 0.2) is 0 Å². The molecule has 0 aromatic heterocycles. The Bertz CT molecular complexity index is 408. The highest BCUT2D eigenvalue weighted by molar-refractivity contribution is 4.99. The molecule has 2 rings (SSSR count). The standard InChI is InChI=1S/C12H18.C11H18O2/c1-4-10-7-8-11(5-2)12(6-3)9-10;1-3-12-8-10-5-6-11(7-10)9-13-4-2/h4-6,10-12H,1-3,7-9H2;3-4,10-11H,1-2,5-9H2. The molecule has 0 aromatic rings. The first-order valence-electron chi connectivity index (χ1n) is 9.51. The Morgan fingerprint density at radius 1 is 0.640 bits per heavy atom. The molecule has 0 bridgehead atoms. The zero-order valence-corrected chi connectivity index (χ0v) is 15.8. The first-order chi connectivity index (χ1) is 12.2. The van der Waals surface area contributed by atoms with Crippen molar-refractivity contribution >= 4 is 0 Å². The zero-order valence-electron chi connectivity index (χ0n) is 15.8. The van der Waals surface area contributed by atoms with Gasteiger partial charge in [-0.05, 0) is 68.1 Å². The van der Waals surface area contributed by atoms with E-state index < -0.39 is 0 Å². The van der Waals surface area contributed by atoms with E-state index in [1.165, 1.54) is 51.0 Å². The van der Waals surface area contributed by atoms with Crippen LogP contribution in [0.2, 0.25) is 0 Å². The monoisotopic (exact) mass is 344 g/mol. The molecule has 0 aromatic carbocycles. The third-order valence-corrected chi connectivity index (χ3v) is 5.48. The quantitative estimate of drug-likeness (QED) is 0.361. The van der Waals surface area contributed by atoms with Crippen LogP contribution in [0.15, 0.2) is 63.6 Å². The van der Waals surface area contributed by atoms with E-state index in [-0.39, 0.29) is 0 Å². The molecule has 0 saturated heterocycles. The molecule has 2 heteroatoms. The molecule has 0 amide bonds. The number of hydrogen-bond donors (Lipinski definition) is 0. The number of ether oxygens (including phenoxy) is 2. The molecule has 0 aliphatic heterocycles. The summed E-state index contributed by atoms with van der Waals surface area (Å²) < 4.78 is 10.3. The summed E-state index contributed by atoms with van der Waals surface area (Å²) in [6.07, 6.45) is 16.7. The highest BCUT2D eigenvalue weighted by Gasteiger charge is 2.25. The molecule has 2 aliphatic rings. The first-order valence-corrected chi connectivity index (χ1v) is 9.51. The van der Waals surface area contributed by atoms with Crippen LogP contribution in [0.1, 0.15) is 38.5 Å². The summed E-state index contributed by atoms with van der Waals surface area (Å²) in [5.74, 6) is 3.36. The molecule has 5 unspecified atom stereocenters. The van der Waals surface area contributed by atoms with Crippen molar-refractivity contribution in [3.63, 3.8) is 0 Å². The van der Waals surface area contributed by atoms with Crippen molar-refractivity contribution in [3.05, 3.63) is 63.6 Å². The van der Waals surface area contributed by atoms with Crippen molar-refractivity contribution < 1.29 is 9.47 Å². The minimum absolute atomic E-state index is 0.624. The van der Waals surface area contributed by atoms with Gasteiger partial charge in [-0.25, -0.2) is 0 Å². The second-order valence-corrected chi connectivity index (χ2v) is 7.15. The van der Waals surface area contributed by atoms with Crippen molar-refractivity contribution in [1.82, 2.24) is 0 Å². The Morgan fingerprint density at radius 2 is 1.20 bits per heavy atom. The van der Waals surface area contributed by atoms with Crippen LogP contribution in [0.4, 0.5) is 0 Å². The molecular weight excluding hydrogens is 308 g/mol. The third kappa shape index (κ3) is 7.81. The fourth-order valence-corrected chi connectivity index (χ4v) is 3.93. The summed E-state index contributed by atoms with van der Waals surface area (Å²) in [4.78, 5) is 0. The summed E-state index contributed by atoms with van der Waals surface area (Å²) in [7, 11) is 0. The average Bonchev–Trinajstić information content (AvgIpc) is 3.12. The van der Waals surface area contributed by atoms with E-state index in [0.29, 0.717) is 29.6 Å². The van der Waals surface area contributed by atoms with Gasteiger partial charge in [0.1, 0.15) is 0 Å². The molecule has 5 atom stereocenters. The minimum atomic E-state index is 0.624. The molecule has 2 fully saturated rings. The van der Waals surface area contributed by atoms with E-state index in [2.05, 4.69) is 51.1 Å². The van der Waals surface area contributed by atoms with Gasteiger partial charge in [0.25, 0.3) is 0 Å².